The maximum Gasteiger partial charge on any atom is 0.337 e. The zero-order valence-electron chi connectivity index (χ0n) is 17.0. The van der Waals surface area contributed by atoms with E-state index in [0.717, 1.165) is 45.7 Å². The Balaban J connectivity index is 1.34. The first-order chi connectivity index (χ1) is 14.2. The fourth-order valence-corrected chi connectivity index (χ4v) is 3.52. The van der Waals surface area contributed by atoms with Crippen molar-refractivity contribution in [1.29, 1.82) is 0 Å². The molecule has 0 aliphatic carbocycles. The number of benzene rings is 2. The Morgan fingerprint density at radius 2 is 1.62 bits per heavy atom. The molecule has 6 nitrogen and oxygen atoms in total. The topological polar surface area (TPSA) is 61.9 Å². The van der Waals surface area contributed by atoms with Gasteiger partial charge < -0.3 is 15.0 Å². The molecule has 0 spiro atoms. The van der Waals surface area contributed by atoms with Crippen molar-refractivity contribution < 1.29 is 14.3 Å². The van der Waals surface area contributed by atoms with E-state index in [4.69, 9.17) is 4.74 Å². The van der Waals surface area contributed by atoms with Crippen LogP contribution in [0.2, 0.25) is 0 Å². The number of hydrogen-bond acceptors (Lipinski definition) is 5. The summed E-state index contributed by atoms with van der Waals surface area (Å²) in [6.45, 7) is 6.86. The van der Waals surface area contributed by atoms with Gasteiger partial charge in [-0.2, -0.15) is 0 Å². The standard InChI is InChI=1S/C23H29N3O3/c1-29-23(28)21-10-5-9-20(17-21)22(27)24-11-6-12-25-13-15-26(16-14-25)18-19-7-3-2-4-8-19/h2-5,7-10,17H,6,11-16,18H2,1H3,(H,24,27). The first kappa shape index (κ1) is 21.0. The molecule has 1 N–H and O–H groups in total. The van der Waals surface area contributed by atoms with Crippen LogP contribution in [-0.2, 0) is 11.3 Å². The SMILES string of the molecule is COC(=O)c1cccc(C(=O)NCCCN2CCN(Cc3ccccc3)CC2)c1. The third-order valence-electron chi connectivity index (χ3n) is 5.20. The summed E-state index contributed by atoms with van der Waals surface area (Å²) in [4.78, 5) is 28.8. The maximum atomic E-state index is 12.3. The van der Waals surface area contributed by atoms with E-state index >= 15 is 0 Å². The zero-order valence-corrected chi connectivity index (χ0v) is 17.0. The number of piperazine rings is 1. The van der Waals surface area contributed by atoms with E-state index in [0.29, 0.717) is 17.7 Å². The number of hydrogen-bond donors (Lipinski definition) is 1. The third-order valence-corrected chi connectivity index (χ3v) is 5.20. The van der Waals surface area contributed by atoms with Gasteiger partial charge in [0.05, 0.1) is 12.7 Å². The van der Waals surface area contributed by atoms with Crippen molar-refractivity contribution in [2.24, 2.45) is 0 Å². The quantitative estimate of drug-likeness (QED) is 0.549. The minimum Gasteiger partial charge on any atom is -0.465 e. The van der Waals surface area contributed by atoms with E-state index in [1.807, 2.05) is 0 Å². The molecule has 6 heteroatoms. The Hall–Kier alpha value is -2.70. The summed E-state index contributed by atoms with van der Waals surface area (Å²) in [5.41, 5.74) is 2.22. The maximum absolute atomic E-state index is 12.3. The lowest BCUT2D eigenvalue weighted by atomic mass is 10.1. The highest BCUT2D eigenvalue weighted by molar-refractivity contribution is 5.97. The molecular formula is C23H29N3O3. The summed E-state index contributed by atoms with van der Waals surface area (Å²) < 4.78 is 4.70. The van der Waals surface area contributed by atoms with Gasteiger partial charge in [0.25, 0.3) is 5.91 Å². The number of nitrogens with zero attached hydrogens (tertiary/aromatic N) is 2. The fraction of sp³-hybridized carbons (Fsp3) is 0.391. The molecule has 2 aromatic carbocycles. The molecule has 0 bridgehead atoms. The highest BCUT2D eigenvalue weighted by atomic mass is 16.5. The Bertz CT molecular complexity index is 802. The second-order valence-electron chi connectivity index (χ2n) is 7.29. The van der Waals surface area contributed by atoms with E-state index < -0.39 is 5.97 Å². The first-order valence-electron chi connectivity index (χ1n) is 10.1. The lowest BCUT2D eigenvalue weighted by Crippen LogP contribution is -2.46. The van der Waals surface area contributed by atoms with Gasteiger partial charge in [-0.25, -0.2) is 4.79 Å². The Labute approximate surface area is 172 Å². The average molecular weight is 396 g/mol. The molecule has 0 unspecified atom stereocenters. The second-order valence-corrected chi connectivity index (χ2v) is 7.29. The lowest BCUT2D eigenvalue weighted by Gasteiger charge is -2.34. The van der Waals surface area contributed by atoms with Gasteiger partial charge in [0.15, 0.2) is 0 Å². The predicted molar refractivity (Wildman–Crippen MR) is 113 cm³/mol. The Morgan fingerprint density at radius 3 is 2.34 bits per heavy atom. The molecule has 29 heavy (non-hydrogen) atoms. The summed E-state index contributed by atoms with van der Waals surface area (Å²) in [6.07, 6.45) is 0.904. The van der Waals surface area contributed by atoms with E-state index in [2.05, 4.69) is 45.4 Å². The van der Waals surface area contributed by atoms with Crippen LogP contribution < -0.4 is 5.32 Å². The number of methoxy groups -OCH3 is 1. The number of carbonyl (C=O) groups excluding carboxylic acids is 2. The normalized spacial score (nSPS) is 15.1. The number of rotatable bonds is 8. The molecule has 154 valence electrons. The Morgan fingerprint density at radius 1 is 0.931 bits per heavy atom. The average Bonchev–Trinajstić information content (AvgIpc) is 2.78. The zero-order chi connectivity index (χ0) is 20.5. The summed E-state index contributed by atoms with van der Waals surface area (Å²) in [5.74, 6) is -0.602. The van der Waals surface area contributed by atoms with Gasteiger partial charge in [0.1, 0.15) is 0 Å². The number of ether oxygens (including phenoxy) is 1. The van der Waals surface area contributed by atoms with Crippen LogP contribution in [0.15, 0.2) is 54.6 Å². The van der Waals surface area contributed by atoms with Crippen molar-refractivity contribution in [2.75, 3.05) is 46.4 Å². The van der Waals surface area contributed by atoms with E-state index in [1.165, 1.54) is 12.7 Å². The van der Waals surface area contributed by atoms with Gasteiger partial charge in [-0.15, -0.1) is 0 Å². The predicted octanol–water partition coefficient (Wildman–Crippen LogP) is 2.41. The van der Waals surface area contributed by atoms with Gasteiger partial charge in [-0.3, -0.25) is 9.69 Å². The van der Waals surface area contributed by atoms with Gasteiger partial charge in [-0.1, -0.05) is 36.4 Å². The first-order valence-corrected chi connectivity index (χ1v) is 10.1. The van der Waals surface area contributed by atoms with Crippen molar-refractivity contribution in [1.82, 2.24) is 15.1 Å². The van der Waals surface area contributed by atoms with Crippen LogP contribution in [0.25, 0.3) is 0 Å². The highest BCUT2D eigenvalue weighted by Crippen LogP contribution is 2.09. The van der Waals surface area contributed by atoms with Gasteiger partial charge >= 0.3 is 5.97 Å². The molecule has 0 aromatic heterocycles. The largest absolute Gasteiger partial charge is 0.465 e. The molecule has 2 aromatic rings. The van der Waals surface area contributed by atoms with Crippen LogP contribution in [-0.4, -0.2) is 68.1 Å². The van der Waals surface area contributed by atoms with Crippen molar-refractivity contribution >= 4 is 11.9 Å². The smallest absolute Gasteiger partial charge is 0.337 e. The molecular weight excluding hydrogens is 366 g/mol. The minimum atomic E-state index is -0.439. The molecule has 0 saturated carbocycles. The van der Waals surface area contributed by atoms with Crippen molar-refractivity contribution in [3.8, 4) is 0 Å². The van der Waals surface area contributed by atoms with Gasteiger partial charge in [0.2, 0.25) is 0 Å². The van der Waals surface area contributed by atoms with Crippen LogP contribution in [0.4, 0.5) is 0 Å². The van der Waals surface area contributed by atoms with E-state index in [9.17, 15) is 9.59 Å². The van der Waals surface area contributed by atoms with Gasteiger partial charge in [0, 0.05) is 44.8 Å². The summed E-state index contributed by atoms with van der Waals surface area (Å²) in [6, 6.07) is 17.2. The van der Waals surface area contributed by atoms with E-state index in [-0.39, 0.29) is 5.91 Å². The molecule has 1 saturated heterocycles. The van der Waals surface area contributed by atoms with Crippen molar-refractivity contribution in [3.63, 3.8) is 0 Å². The van der Waals surface area contributed by atoms with Crippen LogP contribution in [0.5, 0.6) is 0 Å². The van der Waals surface area contributed by atoms with Gasteiger partial charge in [-0.05, 0) is 36.7 Å². The molecule has 1 aliphatic rings. The van der Waals surface area contributed by atoms with Crippen molar-refractivity contribution in [2.45, 2.75) is 13.0 Å². The number of esters is 1. The number of carbonyl (C=O) groups is 2. The molecule has 1 aliphatic heterocycles. The van der Waals surface area contributed by atoms with Crippen molar-refractivity contribution in [3.05, 3.63) is 71.3 Å². The molecule has 3 rings (SSSR count). The number of nitrogens with one attached hydrogen (secondary N) is 1. The van der Waals surface area contributed by atoms with Crippen LogP contribution >= 0.6 is 0 Å². The molecule has 1 heterocycles. The fourth-order valence-electron chi connectivity index (χ4n) is 3.52. The number of amides is 1. The Kier molecular flexibility index (Phi) is 7.78. The lowest BCUT2D eigenvalue weighted by molar-refractivity contribution is 0.0600. The summed E-state index contributed by atoms with van der Waals surface area (Å²) in [7, 11) is 1.33. The van der Waals surface area contributed by atoms with Crippen LogP contribution in [0, 0.1) is 0 Å². The molecule has 1 fully saturated rings. The second kappa shape index (κ2) is 10.7. The third kappa shape index (κ3) is 6.41. The van der Waals surface area contributed by atoms with Crippen LogP contribution in [0.3, 0.4) is 0 Å². The molecule has 0 radical (unpaired) electrons. The van der Waals surface area contributed by atoms with Crippen LogP contribution in [0.1, 0.15) is 32.7 Å². The molecule has 1 amide bonds. The summed E-state index contributed by atoms with van der Waals surface area (Å²) >= 11 is 0. The monoisotopic (exact) mass is 395 g/mol. The highest BCUT2D eigenvalue weighted by Gasteiger charge is 2.16. The summed E-state index contributed by atoms with van der Waals surface area (Å²) in [5, 5.41) is 2.94. The van der Waals surface area contributed by atoms with E-state index in [1.54, 1.807) is 24.3 Å². The molecule has 0 atom stereocenters. The minimum absolute atomic E-state index is 0.163.